The summed E-state index contributed by atoms with van der Waals surface area (Å²) in [4.78, 5) is 4.97. The summed E-state index contributed by atoms with van der Waals surface area (Å²) in [7, 11) is -3.43. The van der Waals surface area contributed by atoms with Gasteiger partial charge in [0.25, 0.3) is 0 Å². The zero-order valence-electron chi connectivity index (χ0n) is 14.5. The maximum atomic E-state index is 12.8. The second-order valence-electron chi connectivity index (χ2n) is 5.86. The summed E-state index contributed by atoms with van der Waals surface area (Å²) in [6, 6.07) is 15.1. The number of para-hydroxylation sites is 1. The van der Waals surface area contributed by atoms with Gasteiger partial charge in [-0.25, -0.2) is 13.4 Å². The van der Waals surface area contributed by atoms with Gasteiger partial charge in [0.1, 0.15) is 5.01 Å². The number of unbranched alkanes of at least 4 members (excludes halogenated alkanes) is 1. The Hall–Kier alpha value is -1.76. The Labute approximate surface area is 153 Å². The van der Waals surface area contributed by atoms with Crippen molar-refractivity contribution in [2.24, 2.45) is 0 Å². The van der Waals surface area contributed by atoms with Gasteiger partial charge in [0.2, 0.25) is 10.0 Å². The summed E-state index contributed by atoms with van der Waals surface area (Å²) >= 11 is 1.61. The van der Waals surface area contributed by atoms with Crippen LogP contribution in [0.4, 0.5) is 0 Å². The van der Waals surface area contributed by atoms with Crippen LogP contribution in [0, 0.1) is 0 Å². The first kappa shape index (κ1) is 18.0. The lowest BCUT2D eigenvalue weighted by molar-refractivity contribution is 0.419. The number of nitrogens with zero attached hydrogens (tertiary/aromatic N) is 2. The van der Waals surface area contributed by atoms with Gasteiger partial charge in [-0.05, 0) is 30.7 Å². The quantitative estimate of drug-likeness (QED) is 0.598. The molecule has 132 valence electrons. The molecule has 0 amide bonds. The SMILES string of the molecule is CCCCN(CC)S(=O)(=O)c1ccc(-c2nc3ccccc3s2)cc1. The van der Waals surface area contributed by atoms with E-state index in [1.54, 1.807) is 27.8 Å². The first-order valence-corrected chi connectivity index (χ1v) is 10.8. The Balaban J connectivity index is 1.88. The van der Waals surface area contributed by atoms with Crippen molar-refractivity contribution >= 4 is 31.6 Å². The van der Waals surface area contributed by atoms with Crippen LogP contribution in [0.1, 0.15) is 26.7 Å². The third-order valence-electron chi connectivity index (χ3n) is 4.15. The number of aromatic nitrogens is 1. The Bertz CT molecular complexity index is 914. The molecule has 0 radical (unpaired) electrons. The highest BCUT2D eigenvalue weighted by molar-refractivity contribution is 7.89. The number of rotatable bonds is 7. The van der Waals surface area contributed by atoms with Gasteiger partial charge in [-0.3, -0.25) is 0 Å². The summed E-state index contributed by atoms with van der Waals surface area (Å²) in [5.74, 6) is 0. The Kier molecular flexibility index (Phi) is 5.51. The number of thiazole rings is 1. The largest absolute Gasteiger partial charge is 0.243 e. The van der Waals surface area contributed by atoms with E-state index in [2.05, 4.69) is 11.9 Å². The highest BCUT2D eigenvalue weighted by Crippen LogP contribution is 2.30. The van der Waals surface area contributed by atoms with Crippen LogP contribution in [0.25, 0.3) is 20.8 Å². The van der Waals surface area contributed by atoms with E-state index in [4.69, 9.17) is 0 Å². The molecule has 0 aliphatic carbocycles. The van der Waals surface area contributed by atoms with E-state index in [9.17, 15) is 8.42 Å². The van der Waals surface area contributed by atoms with Gasteiger partial charge in [0, 0.05) is 18.7 Å². The van der Waals surface area contributed by atoms with Crippen LogP contribution in [-0.4, -0.2) is 30.8 Å². The molecule has 0 saturated carbocycles. The fourth-order valence-electron chi connectivity index (χ4n) is 2.70. The number of fused-ring (bicyclic) bond motifs is 1. The molecule has 0 aliphatic rings. The lowest BCUT2D eigenvalue weighted by Crippen LogP contribution is -2.31. The summed E-state index contributed by atoms with van der Waals surface area (Å²) in [5.41, 5.74) is 1.91. The second kappa shape index (κ2) is 7.64. The molecule has 0 bridgehead atoms. The zero-order valence-corrected chi connectivity index (χ0v) is 16.1. The van der Waals surface area contributed by atoms with Crippen LogP contribution in [-0.2, 0) is 10.0 Å². The molecule has 0 fully saturated rings. The van der Waals surface area contributed by atoms with Crippen LogP contribution >= 0.6 is 11.3 Å². The molecule has 0 N–H and O–H groups in total. The minimum Gasteiger partial charge on any atom is -0.236 e. The van der Waals surface area contributed by atoms with Gasteiger partial charge in [-0.2, -0.15) is 4.31 Å². The molecule has 6 heteroatoms. The summed E-state index contributed by atoms with van der Waals surface area (Å²) < 4.78 is 28.2. The molecule has 0 aliphatic heterocycles. The van der Waals surface area contributed by atoms with Crippen LogP contribution in [0.3, 0.4) is 0 Å². The standard InChI is InChI=1S/C19H22N2O2S2/c1-3-5-14-21(4-2)25(22,23)16-12-10-15(11-13-16)19-20-17-8-6-7-9-18(17)24-19/h6-13H,3-5,14H2,1-2H3. The Morgan fingerprint density at radius 3 is 2.40 bits per heavy atom. The van der Waals surface area contributed by atoms with Crippen LogP contribution < -0.4 is 0 Å². The molecule has 3 rings (SSSR count). The maximum Gasteiger partial charge on any atom is 0.243 e. The van der Waals surface area contributed by atoms with Crippen molar-refractivity contribution in [2.45, 2.75) is 31.6 Å². The molecule has 3 aromatic rings. The highest BCUT2D eigenvalue weighted by atomic mass is 32.2. The number of benzene rings is 2. The second-order valence-corrected chi connectivity index (χ2v) is 8.83. The van der Waals surface area contributed by atoms with Crippen molar-refractivity contribution in [3.8, 4) is 10.6 Å². The average Bonchev–Trinajstić information content (AvgIpc) is 3.06. The maximum absolute atomic E-state index is 12.8. The van der Waals surface area contributed by atoms with Gasteiger partial charge < -0.3 is 0 Å². The molecule has 1 aromatic heterocycles. The number of hydrogen-bond acceptors (Lipinski definition) is 4. The van der Waals surface area contributed by atoms with Gasteiger partial charge >= 0.3 is 0 Å². The molecule has 0 saturated heterocycles. The molecule has 0 spiro atoms. The summed E-state index contributed by atoms with van der Waals surface area (Å²) in [6.45, 7) is 4.99. The first-order chi connectivity index (χ1) is 12.1. The minimum atomic E-state index is -3.43. The summed E-state index contributed by atoms with van der Waals surface area (Å²) in [6.07, 6.45) is 1.85. The van der Waals surface area contributed by atoms with E-state index in [1.165, 1.54) is 0 Å². The fourth-order valence-corrected chi connectivity index (χ4v) is 5.16. The topological polar surface area (TPSA) is 50.3 Å². The van der Waals surface area contributed by atoms with Gasteiger partial charge in [0.05, 0.1) is 15.1 Å². The predicted molar refractivity (Wildman–Crippen MR) is 104 cm³/mol. The normalized spacial score (nSPS) is 12.1. The molecule has 4 nitrogen and oxygen atoms in total. The van der Waals surface area contributed by atoms with Crippen molar-refractivity contribution < 1.29 is 8.42 Å². The van der Waals surface area contributed by atoms with E-state index < -0.39 is 10.0 Å². The first-order valence-electron chi connectivity index (χ1n) is 8.52. The van der Waals surface area contributed by atoms with Gasteiger partial charge in [-0.1, -0.05) is 44.5 Å². The average molecular weight is 375 g/mol. The lowest BCUT2D eigenvalue weighted by Gasteiger charge is -2.20. The van der Waals surface area contributed by atoms with Crippen molar-refractivity contribution in [2.75, 3.05) is 13.1 Å². The predicted octanol–water partition coefficient (Wildman–Crippen LogP) is 4.77. The smallest absolute Gasteiger partial charge is 0.236 e. The van der Waals surface area contributed by atoms with E-state index >= 15 is 0 Å². The van der Waals surface area contributed by atoms with Crippen molar-refractivity contribution in [1.82, 2.24) is 9.29 Å². The zero-order chi connectivity index (χ0) is 17.9. The van der Waals surface area contributed by atoms with Crippen LogP contribution in [0.15, 0.2) is 53.4 Å². The fraction of sp³-hybridized carbons (Fsp3) is 0.316. The molecular formula is C19H22N2O2S2. The molecular weight excluding hydrogens is 352 g/mol. The third-order valence-corrected chi connectivity index (χ3v) is 7.22. The van der Waals surface area contributed by atoms with E-state index in [-0.39, 0.29) is 0 Å². The van der Waals surface area contributed by atoms with E-state index in [0.717, 1.165) is 33.6 Å². The number of hydrogen-bond donors (Lipinski definition) is 0. The van der Waals surface area contributed by atoms with Crippen LogP contribution in [0.5, 0.6) is 0 Å². The Morgan fingerprint density at radius 1 is 1.04 bits per heavy atom. The minimum absolute atomic E-state index is 0.343. The van der Waals surface area contributed by atoms with Crippen molar-refractivity contribution in [1.29, 1.82) is 0 Å². The van der Waals surface area contributed by atoms with E-state index in [1.807, 2.05) is 43.3 Å². The highest BCUT2D eigenvalue weighted by Gasteiger charge is 2.22. The van der Waals surface area contributed by atoms with Crippen molar-refractivity contribution in [3.05, 3.63) is 48.5 Å². The van der Waals surface area contributed by atoms with Crippen LogP contribution in [0.2, 0.25) is 0 Å². The lowest BCUT2D eigenvalue weighted by atomic mass is 10.2. The van der Waals surface area contributed by atoms with Gasteiger partial charge in [-0.15, -0.1) is 11.3 Å². The van der Waals surface area contributed by atoms with Crippen molar-refractivity contribution in [3.63, 3.8) is 0 Å². The molecule has 0 unspecified atom stereocenters. The Morgan fingerprint density at radius 2 is 1.76 bits per heavy atom. The molecule has 0 atom stereocenters. The molecule has 1 heterocycles. The number of sulfonamides is 1. The third kappa shape index (κ3) is 3.76. The monoisotopic (exact) mass is 374 g/mol. The molecule has 25 heavy (non-hydrogen) atoms. The summed E-state index contributed by atoms with van der Waals surface area (Å²) in [5, 5.41) is 0.906. The van der Waals surface area contributed by atoms with E-state index in [0.29, 0.717) is 18.0 Å². The van der Waals surface area contributed by atoms with Gasteiger partial charge in [0.15, 0.2) is 0 Å². The molecule has 2 aromatic carbocycles.